The van der Waals surface area contributed by atoms with Gasteiger partial charge in [0.25, 0.3) is 11.8 Å². The number of carbonyl (C=O) groups excluding carboxylic acids is 2. The summed E-state index contributed by atoms with van der Waals surface area (Å²) in [5.41, 5.74) is 5.96. The van der Waals surface area contributed by atoms with Crippen LogP contribution in [0.25, 0.3) is 23.4 Å². The maximum atomic E-state index is 12.7. The highest BCUT2D eigenvalue weighted by atomic mass is 16.5. The van der Waals surface area contributed by atoms with E-state index in [4.69, 9.17) is 4.74 Å². The molecule has 1 saturated heterocycles. The van der Waals surface area contributed by atoms with Crippen LogP contribution in [-0.4, -0.2) is 59.5 Å². The van der Waals surface area contributed by atoms with E-state index in [2.05, 4.69) is 15.3 Å². The number of hydrogen-bond acceptors (Lipinski definition) is 4. The van der Waals surface area contributed by atoms with Gasteiger partial charge in [-0.3, -0.25) is 14.6 Å². The van der Waals surface area contributed by atoms with Crippen LogP contribution in [-0.2, 0) is 11.2 Å². The van der Waals surface area contributed by atoms with Gasteiger partial charge in [-0.25, -0.2) is 0 Å². The van der Waals surface area contributed by atoms with Gasteiger partial charge in [-0.2, -0.15) is 0 Å². The molecule has 0 unspecified atom stereocenters. The first-order chi connectivity index (χ1) is 15.7. The number of rotatable bonds is 4. The third kappa shape index (κ3) is 4.20. The molecule has 2 aliphatic rings. The lowest BCUT2D eigenvalue weighted by atomic mass is 10.1. The molecule has 162 valence electrons. The lowest BCUT2D eigenvalue weighted by Gasteiger charge is -2.26. The maximum absolute atomic E-state index is 12.7. The van der Waals surface area contributed by atoms with Crippen molar-refractivity contribution in [1.29, 1.82) is 0 Å². The second kappa shape index (κ2) is 8.80. The van der Waals surface area contributed by atoms with E-state index in [1.807, 2.05) is 59.5 Å². The minimum absolute atomic E-state index is 0.0309. The number of ether oxygens (including phenoxy) is 1. The molecule has 2 N–H and O–H groups in total. The van der Waals surface area contributed by atoms with Gasteiger partial charge >= 0.3 is 0 Å². The van der Waals surface area contributed by atoms with Crippen LogP contribution >= 0.6 is 0 Å². The molecule has 4 heterocycles. The zero-order valence-electron chi connectivity index (χ0n) is 17.6. The van der Waals surface area contributed by atoms with Crippen LogP contribution < -0.4 is 5.32 Å². The molecule has 7 heteroatoms. The van der Waals surface area contributed by atoms with Crippen LogP contribution in [0.3, 0.4) is 0 Å². The van der Waals surface area contributed by atoms with Crippen LogP contribution in [0.4, 0.5) is 0 Å². The first kappa shape index (κ1) is 20.2. The molecule has 0 aliphatic carbocycles. The van der Waals surface area contributed by atoms with Gasteiger partial charge in [0.05, 0.1) is 24.5 Å². The van der Waals surface area contributed by atoms with Gasteiger partial charge in [-0.15, -0.1) is 0 Å². The summed E-state index contributed by atoms with van der Waals surface area (Å²) in [5, 5.41) is 2.87. The number of benzene rings is 1. The predicted molar refractivity (Wildman–Crippen MR) is 122 cm³/mol. The summed E-state index contributed by atoms with van der Waals surface area (Å²) in [5.74, 6) is -0.00199. The van der Waals surface area contributed by atoms with Crippen molar-refractivity contribution in [3.05, 3.63) is 76.7 Å². The molecule has 32 heavy (non-hydrogen) atoms. The molecule has 2 aliphatic heterocycles. The fourth-order valence-corrected chi connectivity index (χ4v) is 4.06. The van der Waals surface area contributed by atoms with Gasteiger partial charge in [0.15, 0.2) is 0 Å². The molecule has 5 rings (SSSR count). The van der Waals surface area contributed by atoms with Crippen LogP contribution in [0.2, 0.25) is 0 Å². The largest absolute Gasteiger partial charge is 0.378 e. The SMILES string of the molecule is O=C1NCCc2[nH]c(-c3ccnc(C=Cc4cccc(C(=O)N5CCOCC5)c4)c3)cc21. The van der Waals surface area contributed by atoms with E-state index in [1.165, 1.54) is 0 Å². The second-order valence-electron chi connectivity index (χ2n) is 7.91. The van der Waals surface area contributed by atoms with Crippen LogP contribution in [0.1, 0.15) is 37.7 Å². The third-order valence-electron chi connectivity index (χ3n) is 5.78. The van der Waals surface area contributed by atoms with E-state index in [0.717, 1.165) is 34.6 Å². The van der Waals surface area contributed by atoms with Gasteiger partial charge in [0.2, 0.25) is 0 Å². The number of aromatic amines is 1. The normalized spacial score (nSPS) is 16.1. The van der Waals surface area contributed by atoms with E-state index < -0.39 is 0 Å². The molecular formula is C25H24N4O3. The standard InChI is InChI=1S/C25H24N4O3/c30-24-21-16-23(28-22(21)7-9-27-24)18-6-8-26-20(15-18)5-4-17-2-1-3-19(14-17)25(31)29-10-12-32-13-11-29/h1-6,8,14-16,28H,7,9-13H2,(H,27,30). The van der Waals surface area contributed by atoms with Crippen LogP contribution in [0.5, 0.6) is 0 Å². The van der Waals surface area contributed by atoms with Crippen molar-refractivity contribution in [2.75, 3.05) is 32.8 Å². The fourth-order valence-electron chi connectivity index (χ4n) is 4.06. The Morgan fingerprint density at radius 2 is 1.97 bits per heavy atom. The number of nitrogens with one attached hydrogen (secondary N) is 2. The molecule has 0 atom stereocenters. The van der Waals surface area contributed by atoms with Crippen LogP contribution in [0, 0.1) is 0 Å². The highest BCUT2D eigenvalue weighted by Crippen LogP contribution is 2.24. The van der Waals surface area contributed by atoms with Crippen LogP contribution in [0.15, 0.2) is 48.7 Å². The number of hydrogen-bond donors (Lipinski definition) is 2. The van der Waals surface area contributed by atoms with Crippen molar-refractivity contribution in [2.45, 2.75) is 6.42 Å². The molecule has 0 spiro atoms. The summed E-state index contributed by atoms with van der Waals surface area (Å²) in [6.07, 6.45) is 6.44. The Hall–Kier alpha value is -3.71. The smallest absolute Gasteiger partial charge is 0.254 e. The number of nitrogens with zero attached hydrogens (tertiary/aromatic N) is 2. The zero-order valence-corrected chi connectivity index (χ0v) is 17.6. The molecule has 7 nitrogen and oxygen atoms in total. The number of pyridine rings is 1. The van der Waals surface area contributed by atoms with E-state index >= 15 is 0 Å². The molecule has 0 radical (unpaired) electrons. The Labute approximate surface area is 186 Å². The van der Waals surface area contributed by atoms with Gasteiger partial charge in [0, 0.05) is 54.8 Å². The van der Waals surface area contributed by atoms with Gasteiger partial charge < -0.3 is 19.9 Å². The molecule has 3 aromatic rings. The molecular weight excluding hydrogens is 404 g/mol. The van der Waals surface area contributed by atoms with E-state index in [-0.39, 0.29) is 11.8 Å². The Morgan fingerprint density at radius 3 is 2.81 bits per heavy atom. The fraction of sp³-hybridized carbons (Fsp3) is 0.240. The van der Waals surface area contributed by atoms with Gasteiger partial charge in [-0.05, 0) is 42.0 Å². The first-order valence-corrected chi connectivity index (χ1v) is 10.8. The summed E-state index contributed by atoms with van der Waals surface area (Å²) < 4.78 is 5.33. The van der Waals surface area contributed by atoms with E-state index in [0.29, 0.717) is 44.0 Å². The quantitative estimate of drug-likeness (QED) is 0.669. The Kier molecular flexibility index (Phi) is 5.56. The molecule has 0 saturated carbocycles. The summed E-state index contributed by atoms with van der Waals surface area (Å²) in [6.45, 7) is 3.08. The molecule has 1 aromatic carbocycles. The molecule has 2 aromatic heterocycles. The Balaban J connectivity index is 1.34. The molecule has 1 fully saturated rings. The number of aromatic nitrogens is 2. The number of H-pyrrole nitrogens is 1. The number of morpholine rings is 1. The van der Waals surface area contributed by atoms with Gasteiger partial charge in [-0.1, -0.05) is 18.2 Å². The average Bonchev–Trinajstić information content (AvgIpc) is 3.29. The first-order valence-electron chi connectivity index (χ1n) is 10.8. The molecule has 0 bridgehead atoms. The second-order valence-corrected chi connectivity index (χ2v) is 7.91. The lowest BCUT2D eigenvalue weighted by molar-refractivity contribution is 0.0303. The maximum Gasteiger partial charge on any atom is 0.254 e. The number of carbonyl (C=O) groups is 2. The minimum Gasteiger partial charge on any atom is -0.378 e. The summed E-state index contributed by atoms with van der Waals surface area (Å²) >= 11 is 0. The predicted octanol–water partition coefficient (Wildman–Crippen LogP) is 3.01. The highest BCUT2D eigenvalue weighted by Gasteiger charge is 2.20. The number of fused-ring (bicyclic) bond motifs is 1. The van der Waals surface area contributed by atoms with Gasteiger partial charge in [0.1, 0.15) is 0 Å². The summed E-state index contributed by atoms with van der Waals surface area (Å²) in [6, 6.07) is 13.4. The van der Waals surface area contributed by atoms with Crippen molar-refractivity contribution < 1.29 is 14.3 Å². The van der Waals surface area contributed by atoms with E-state index in [1.54, 1.807) is 6.20 Å². The van der Waals surface area contributed by atoms with Crippen molar-refractivity contribution in [1.82, 2.24) is 20.2 Å². The van der Waals surface area contributed by atoms with Crippen molar-refractivity contribution in [2.24, 2.45) is 0 Å². The van der Waals surface area contributed by atoms with Crippen molar-refractivity contribution in [3.8, 4) is 11.3 Å². The Morgan fingerprint density at radius 1 is 1.09 bits per heavy atom. The zero-order chi connectivity index (χ0) is 21.9. The monoisotopic (exact) mass is 428 g/mol. The third-order valence-corrected chi connectivity index (χ3v) is 5.78. The summed E-state index contributed by atoms with van der Waals surface area (Å²) in [4.78, 5) is 34.4. The Bertz CT molecular complexity index is 1190. The van der Waals surface area contributed by atoms with E-state index in [9.17, 15) is 9.59 Å². The highest BCUT2D eigenvalue weighted by molar-refractivity contribution is 5.98. The number of amides is 2. The van der Waals surface area contributed by atoms with Crippen molar-refractivity contribution >= 4 is 24.0 Å². The topological polar surface area (TPSA) is 87.3 Å². The average molecular weight is 428 g/mol. The molecule has 2 amide bonds. The minimum atomic E-state index is -0.0329. The summed E-state index contributed by atoms with van der Waals surface area (Å²) in [7, 11) is 0. The lowest BCUT2D eigenvalue weighted by Crippen LogP contribution is -2.40. The van der Waals surface area contributed by atoms with Crippen molar-refractivity contribution in [3.63, 3.8) is 0 Å².